The highest BCUT2D eigenvalue weighted by Crippen LogP contribution is 2.13. The van der Waals surface area contributed by atoms with E-state index < -0.39 is 0 Å². The van der Waals surface area contributed by atoms with Crippen molar-refractivity contribution in [1.82, 2.24) is 20.5 Å². The maximum absolute atomic E-state index is 12.0. The van der Waals surface area contributed by atoms with Crippen LogP contribution in [0.25, 0.3) is 0 Å². The lowest BCUT2D eigenvalue weighted by Crippen LogP contribution is -2.29. The van der Waals surface area contributed by atoms with Gasteiger partial charge in [-0.25, -0.2) is 0 Å². The predicted molar refractivity (Wildman–Crippen MR) is 129 cm³/mol. The van der Waals surface area contributed by atoms with Crippen molar-refractivity contribution in [3.8, 4) is 0 Å². The summed E-state index contributed by atoms with van der Waals surface area (Å²) >= 11 is 1.41. The fourth-order valence-corrected chi connectivity index (χ4v) is 4.22. The number of allylic oxidation sites excluding steroid dienone is 1. The number of likely N-dealkylation sites (tertiary alicyclic amines) is 1. The zero-order valence-electron chi connectivity index (χ0n) is 18.8. The molecular formula is C24H32N4O4S. The average molecular weight is 473 g/mol. The smallest absolute Gasteiger partial charge is 0.254 e. The van der Waals surface area contributed by atoms with Gasteiger partial charge in [-0.1, -0.05) is 6.42 Å². The maximum atomic E-state index is 12.0. The molecule has 1 fully saturated rings. The molecular weight excluding hydrogens is 440 g/mol. The summed E-state index contributed by atoms with van der Waals surface area (Å²) in [6.45, 7) is 3.78. The van der Waals surface area contributed by atoms with E-state index in [0.29, 0.717) is 24.3 Å². The fourth-order valence-electron chi connectivity index (χ4n) is 3.55. The van der Waals surface area contributed by atoms with Crippen molar-refractivity contribution in [3.05, 3.63) is 65.6 Å². The van der Waals surface area contributed by atoms with Gasteiger partial charge < -0.3 is 20.2 Å². The molecule has 33 heavy (non-hydrogen) atoms. The van der Waals surface area contributed by atoms with E-state index in [1.165, 1.54) is 49.1 Å². The van der Waals surface area contributed by atoms with Gasteiger partial charge in [-0.05, 0) is 55.8 Å². The van der Waals surface area contributed by atoms with Crippen LogP contribution in [-0.4, -0.2) is 64.5 Å². The van der Waals surface area contributed by atoms with E-state index in [9.17, 15) is 14.7 Å². The molecule has 0 radical (unpaired) electrons. The molecule has 2 aromatic heterocycles. The summed E-state index contributed by atoms with van der Waals surface area (Å²) in [7, 11) is 0. The van der Waals surface area contributed by atoms with E-state index in [2.05, 4.69) is 26.6 Å². The van der Waals surface area contributed by atoms with Crippen molar-refractivity contribution in [3.63, 3.8) is 0 Å². The van der Waals surface area contributed by atoms with Crippen LogP contribution >= 0.6 is 11.8 Å². The highest BCUT2D eigenvalue weighted by atomic mass is 32.2. The molecule has 0 atom stereocenters. The van der Waals surface area contributed by atoms with Gasteiger partial charge in [0.25, 0.3) is 5.91 Å². The summed E-state index contributed by atoms with van der Waals surface area (Å²) < 4.78 is 4.87. The third-order valence-electron chi connectivity index (χ3n) is 5.30. The summed E-state index contributed by atoms with van der Waals surface area (Å²) in [4.78, 5) is 30.6. The molecule has 0 aromatic carbocycles. The monoisotopic (exact) mass is 472 g/mol. The minimum absolute atomic E-state index is 0.0874. The number of hydrogen-bond donors (Lipinski definition) is 3. The van der Waals surface area contributed by atoms with Crippen molar-refractivity contribution >= 4 is 23.6 Å². The first kappa shape index (κ1) is 24.9. The van der Waals surface area contributed by atoms with Crippen molar-refractivity contribution in [2.75, 3.05) is 37.7 Å². The van der Waals surface area contributed by atoms with Crippen molar-refractivity contribution in [1.29, 1.82) is 0 Å². The highest BCUT2D eigenvalue weighted by molar-refractivity contribution is 7.99. The topological polar surface area (TPSA) is 108 Å². The first-order chi connectivity index (χ1) is 16.1. The van der Waals surface area contributed by atoms with Gasteiger partial charge in [-0.15, -0.1) is 0 Å². The van der Waals surface area contributed by atoms with Crippen molar-refractivity contribution in [2.45, 2.75) is 32.2 Å². The number of aliphatic hydroxyl groups excluding tert-OH is 1. The molecule has 1 aliphatic heterocycles. The Morgan fingerprint density at radius 3 is 2.85 bits per heavy atom. The van der Waals surface area contributed by atoms with E-state index in [1.807, 2.05) is 12.3 Å². The number of rotatable bonds is 12. The van der Waals surface area contributed by atoms with Crippen molar-refractivity contribution in [2.24, 2.45) is 0 Å². The van der Waals surface area contributed by atoms with Crippen LogP contribution in [0.3, 0.4) is 0 Å². The number of carbonyl (C=O) groups is 2. The third kappa shape index (κ3) is 9.31. The Morgan fingerprint density at radius 1 is 1.21 bits per heavy atom. The summed E-state index contributed by atoms with van der Waals surface area (Å²) in [5, 5.41) is 15.6. The van der Waals surface area contributed by atoms with Crippen LogP contribution < -0.4 is 10.6 Å². The number of thioether (sulfide) groups is 1. The van der Waals surface area contributed by atoms with Crippen LogP contribution in [0.15, 0.2) is 53.2 Å². The summed E-state index contributed by atoms with van der Waals surface area (Å²) in [5.41, 5.74) is 2.61. The number of pyridine rings is 1. The summed E-state index contributed by atoms with van der Waals surface area (Å²) in [5.74, 6) is 0.620. The van der Waals surface area contributed by atoms with Gasteiger partial charge >= 0.3 is 0 Å². The van der Waals surface area contributed by atoms with E-state index >= 15 is 0 Å². The molecule has 3 heterocycles. The second-order valence-electron chi connectivity index (χ2n) is 7.99. The van der Waals surface area contributed by atoms with E-state index in [-0.39, 0.29) is 29.9 Å². The second kappa shape index (κ2) is 13.7. The Kier molecular flexibility index (Phi) is 10.3. The van der Waals surface area contributed by atoms with Gasteiger partial charge in [0.2, 0.25) is 5.91 Å². The SMILES string of the molecule is O=C(CSCCNC(=O)c1ccoc1)NC/C(O)=C/Cc1cc(CN2CCCCC2)ccn1. The third-order valence-corrected chi connectivity index (χ3v) is 6.26. The first-order valence-electron chi connectivity index (χ1n) is 11.3. The van der Waals surface area contributed by atoms with Gasteiger partial charge in [0.1, 0.15) is 12.0 Å². The molecule has 9 heteroatoms. The number of piperidine rings is 1. The molecule has 2 amide bonds. The molecule has 1 aliphatic rings. The lowest BCUT2D eigenvalue weighted by Gasteiger charge is -2.26. The lowest BCUT2D eigenvalue weighted by molar-refractivity contribution is -0.118. The number of carbonyl (C=O) groups excluding carboxylic acids is 2. The van der Waals surface area contributed by atoms with Crippen LogP contribution in [0.2, 0.25) is 0 Å². The second-order valence-corrected chi connectivity index (χ2v) is 9.09. The Morgan fingerprint density at radius 2 is 2.06 bits per heavy atom. The number of furan rings is 1. The quantitative estimate of drug-likeness (QED) is 0.322. The highest BCUT2D eigenvalue weighted by Gasteiger charge is 2.11. The van der Waals surface area contributed by atoms with Crippen LogP contribution in [0.4, 0.5) is 0 Å². The number of nitrogens with one attached hydrogen (secondary N) is 2. The molecule has 178 valence electrons. The molecule has 3 rings (SSSR count). The normalized spacial score (nSPS) is 14.7. The Hall–Kier alpha value is -2.78. The molecule has 1 saturated heterocycles. The Balaban J connectivity index is 1.29. The molecule has 2 aromatic rings. The molecule has 0 saturated carbocycles. The minimum atomic E-state index is -0.199. The fraction of sp³-hybridized carbons (Fsp3) is 0.458. The van der Waals surface area contributed by atoms with Gasteiger partial charge in [-0.2, -0.15) is 11.8 Å². The minimum Gasteiger partial charge on any atom is -0.511 e. The number of aliphatic hydroxyl groups is 1. The molecule has 3 N–H and O–H groups in total. The number of amides is 2. The number of hydrogen-bond acceptors (Lipinski definition) is 7. The molecule has 0 unspecified atom stereocenters. The zero-order chi connectivity index (χ0) is 23.3. The van der Waals surface area contributed by atoms with Crippen LogP contribution in [0, 0.1) is 0 Å². The van der Waals surface area contributed by atoms with Crippen molar-refractivity contribution < 1.29 is 19.1 Å². The first-order valence-corrected chi connectivity index (χ1v) is 12.4. The van der Waals surface area contributed by atoms with Crippen LogP contribution in [0.1, 0.15) is 40.9 Å². The molecule has 0 spiro atoms. The van der Waals surface area contributed by atoms with Gasteiger partial charge in [0, 0.05) is 37.2 Å². The summed E-state index contributed by atoms with van der Waals surface area (Å²) in [6.07, 6.45) is 10.7. The van der Waals surface area contributed by atoms with Crippen LogP contribution in [-0.2, 0) is 17.8 Å². The lowest BCUT2D eigenvalue weighted by atomic mass is 10.1. The van der Waals surface area contributed by atoms with Crippen LogP contribution in [0.5, 0.6) is 0 Å². The van der Waals surface area contributed by atoms with Gasteiger partial charge in [-0.3, -0.25) is 19.5 Å². The molecule has 8 nitrogen and oxygen atoms in total. The van der Waals surface area contributed by atoms with E-state index in [0.717, 1.165) is 25.3 Å². The van der Waals surface area contributed by atoms with E-state index in [1.54, 1.807) is 12.1 Å². The Labute approximate surface area is 198 Å². The molecule has 0 aliphatic carbocycles. The standard InChI is InChI=1S/C24H32N4O4S/c29-22(5-4-21-14-19(6-8-25-21)16-28-10-2-1-3-11-28)15-27-23(30)18-33-13-9-26-24(31)20-7-12-32-17-20/h5-8,12,14,17,29H,1-4,9-11,13,15-16,18H2,(H,26,31)(H,27,30)/b22-5-. The van der Waals surface area contributed by atoms with Gasteiger partial charge in [0.05, 0.1) is 24.1 Å². The average Bonchev–Trinajstić information content (AvgIpc) is 3.37. The number of nitrogens with zero attached hydrogens (tertiary/aromatic N) is 2. The van der Waals surface area contributed by atoms with E-state index in [4.69, 9.17) is 4.42 Å². The predicted octanol–water partition coefficient (Wildman–Crippen LogP) is 2.92. The zero-order valence-corrected chi connectivity index (χ0v) is 19.6. The molecule has 0 bridgehead atoms. The van der Waals surface area contributed by atoms with Gasteiger partial charge in [0.15, 0.2) is 0 Å². The summed E-state index contributed by atoms with van der Waals surface area (Å²) in [6, 6.07) is 5.72. The number of aromatic nitrogens is 1. The largest absolute Gasteiger partial charge is 0.511 e. The maximum Gasteiger partial charge on any atom is 0.254 e. The Bertz CT molecular complexity index is 911.